The molecular weight excluding hydrogens is 815 g/mol. The Labute approximate surface area is 389 Å². The first kappa shape index (κ1) is 38.8. The van der Waals surface area contributed by atoms with E-state index in [1.807, 2.05) is 36.4 Å². The molecule has 0 N–H and O–H groups in total. The molecule has 0 atom stereocenters. The molecule has 0 saturated carbocycles. The Balaban J connectivity index is 0.993. The molecule has 0 spiro atoms. The average molecular weight is 858 g/mol. The Morgan fingerprint density at radius 3 is 1.67 bits per heavy atom. The fourth-order valence-corrected chi connectivity index (χ4v) is 10.5. The molecule has 0 saturated heterocycles. The quantitative estimate of drug-likeness (QED) is 0.167. The Kier molecular flexibility index (Phi) is 8.80. The first-order chi connectivity index (χ1) is 33.0. The van der Waals surface area contributed by atoms with E-state index in [1.165, 1.54) is 44.1 Å². The molecule has 0 amide bonds. The summed E-state index contributed by atoms with van der Waals surface area (Å²) in [5, 5.41) is 2.48. The summed E-state index contributed by atoms with van der Waals surface area (Å²) in [6, 6.07) is 75.9. The van der Waals surface area contributed by atoms with Gasteiger partial charge in [-0.15, -0.1) is 0 Å². The van der Waals surface area contributed by atoms with Crippen LogP contribution in [0.2, 0.25) is 0 Å². The van der Waals surface area contributed by atoms with Crippen LogP contribution in [0.1, 0.15) is 36.1 Å². The van der Waals surface area contributed by atoms with Crippen molar-refractivity contribution < 1.29 is 0 Å². The summed E-state index contributed by atoms with van der Waals surface area (Å²) >= 11 is 0. The van der Waals surface area contributed by atoms with Crippen molar-refractivity contribution in [3.63, 3.8) is 0 Å². The van der Waals surface area contributed by atoms with Crippen LogP contribution in [0.5, 0.6) is 0 Å². The molecule has 5 heteroatoms. The summed E-state index contributed by atoms with van der Waals surface area (Å²) < 4.78 is 2.39. The third-order valence-corrected chi connectivity index (χ3v) is 13.8. The smallest absolute Gasteiger partial charge is 0.164 e. The number of rotatable bonds is 6. The van der Waals surface area contributed by atoms with Crippen molar-refractivity contribution in [2.45, 2.75) is 19.3 Å². The van der Waals surface area contributed by atoms with Gasteiger partial charge >= 0.3 is 0 Å². The molecule has 0 bridgehead atoms. The highest BCUT2D eigenvalue weighted by molar-refractivity contribution is 6.10. The molecule has 3 heterocycles. The van der Waals surface area contributed by atoms with E-state index in [4.69, 9.17) is 15.0 Å². The van der Waals surface area contributed by atoms with E-state index in [1.54, 1.807) is 0 Å². The highest BCUT2D eigenvalue weighted by Crippen LogP contribution is 2.53. The summed E-state index contributed by atoms with van der Waals surface area (Å²) in [6.45, 7) is 4.70. The lowest BCUT2D eigenvalue weighted by Gasteiger charge is -2.29. The van der Waals surface area contributed by atoms with Crippen LogP contribution in [0.15, 0.2) is 212 Å². The normalized spacial score (nSPS) is 13.3. The minimum atomic E-state index is -0.141. The fraction of sp³-hybridized carbons (Fsp3) is 0.0484. The van der Waals surface area contributed by atoms with Crippen molar-refractivity contribution in [2.24, 2.45) is 0 Å². The van der Waals surface area contributed by atoms with Crippen molar-refractivity contribution in [3.05, 3.63) is 235 Å². The number of fused-ring (bicyclic) bond motifs is 8. The molecule has 0 unspecified atom stereocenters. The molecule has 2 aliphatic rings. The molecule has 1 aliphatic carbocycles. The van der Waals surface area contributed by atoms with Gasteiger partial charge in [-0.1, -0.05) is 178 Å². The second-order valence-electron chi connectivity index (χ2n) is 18.1. The van der Waals surface area contributed by atoms with Crippen molar-refractivity contribution >= 4 is 51.0 Å². The van der Waals surface area contributed by atoms with Gasteiger partial charge in [-0.3, -0.25) is 0 Å². The Hall–Kier alpha value is -8.67. The molecule has 0 fully saturated rings. The van der Waals surface area contributed by atoms with Crippen molar-refractivity contribution in [1.82, 2.24) is 19.5 Å². The van der Waals surface area contributed by atoms with Crippen molar-refractivity contribution in [1.29, 1.82) is 0 Å². The third-order valence-electron chi connectivity index (χ3n) is 13.8. The van der Waals surface area contributed by atoms with Gasteiger partial charge < -0.3 is 9.47 Å². The Morgan fingerprint density at radius 1 is 0.358 bits per heavy atom. The predicted molar refractivity (Wildman–Crippen MR) is 277 cm³/mol. The van der Waals surface area contributed by atoms with E-state index in [9.17, 15) is 0 Å². The molecule has 11 aromatic rings. The topological polar surface area (TPSA) is 46.8 Å². The predicted octanol–water partition coefficient (Wildman–Crippen LogP) is 15.9. The van der Waals surface area contributed by atoms with Crippen LogP contribution < -0.4 is 4.90 Å². The number of hydrogen-bond acceptors (Lipinski definition) is 4. The number of anilines is 3. The first-order valence-corrected chi connectivity index (χ1v) is 22.9. The van der Waals surface area contributed by atoms with Gasteiger partial charge in [0.25, 0.3) is 0 Å². The highest BCUT2D eigenvalue weighted by Gasteiger charge is 2.37. The maximum absolute atomic E-state index is 5.13. The van der Waals surface area contributed by atoms with E-state index in [-0.39, 0.29) is 5.41 Å². The number of hydrogen-bond donors (Lipinski definition) is 0. The van der Waals surface area contributed by atoms with Crippen LogP contribution in [0.25, 0.3) is 96.1 Å². The van der Waals surface area contributed by atoms with Gasteiger partial charge in [0.05, 0.1) is 22.4 Å². The van der Waals surface area contributed by atoms with Crippen LogP contribution >= 0.6 is 0 Å². The lowest BCUT2D eigenvalue weighted by atomic mass is 9.82. The van der Waals surface area contributed by atoms with E-state index >= 15 is 0 Å². The van der Waals surface area contributed by atoms with Gasteiger partial charge in [0.1, 0.15) is 0 Å². The molecule has 9 aromatic carbocycles. The molecule has 5 nitrogen and oxygen atoms in total. The SMILES string of the molecule is CC1(C)c2ccccc2-c2cc3c(cc21)C=Cc1cc(-c2ccc4c5ccccc5n(-c5ccccc5)c4c2)ccc1N3c1cccc(-c2nc(-c3ccccc3)nc(-c3ccccc3)n2)c1. The lowest BCUT2D eigenvalue weighted by Crippen LogP contribution is -2.16. The monoisotopic (exact) mass is 857 g/mol. The van der Waals surface area contributed by atoms with E-state index in [2.05, 4.69) is 211 Å². The lowest BCUT2D eigenvalue weighted by molar-refractivity contribution is 0.660. The Bertz CT molecular complexity index is 3720. The molecule has 0 radical (unpaired) electrons. The fourth-order valence-electron chi connectivity index (χ4n) is 10.5. The number of aromatic nitrogens is 4. The first-order valence-electron chi connectivity index (χ1n) is 22.9. The molecule has 1 aliphatic heterocycles. The van der Waals surface area contributed by atoms with E-state index < -0.39 is 0 Å². The molecule has 316 valence electrons. The molecule has 2 aromatic heterocycles. The van der Waals surface area contributed by atoms with E-state index in [0.717, 1.165) is 61.7 Å². The minimum Gasteiger partial charge on any atom is -0.309 e. The number of benzene rings is 9. The molecular formula is C62H43N5. The zero-order chi connectivity index (χ0) is 44.6. The van der Waals surface area contributed by atoms with Crippen LogP contribution in [-0.4, -0.2) is 19.5 Å². The van der Waals surface area contributed by atoms with Crippen LogP contribution in [-0.2, 0) is 5.41 Å². The summed E-state index contributed by atoms with van der Waals surface area (Å²) in [4.78, 5) is 17.7. The van der Waals surface area contributed by atoms with Crippen molar-refractivity contribution in [3.8, 4) is 62.1 Å². The second kappa shape index (κ2) is 15.2. The van der Waals surface area contributed by atoms with Gasteiger partial charge in [-0.2, -0.15) is 0 Å². The van der Waals surface area contributed by atoms with E-state index in [0.29, 0.717) is 17.5 Å². The van der Waals surface area contributed by atoms with Gasteiger partial charge in [0, 0.05) is 44.3 Å². The van der Waals surface area contributed by atoms with Crippen molar-refractivity contribution in [2.75, 3.05) is 4.90 Å². The van der Waals surface area contributed by atoms with Gasteiger partial charge in [-0.25, -0.2) is 15.0 Å². The minimum absolute atomic E-state index is 0.141. The standard InChI is InChI=1S/C62H43N5/c1-62(2)53-27-14-12-25-49(53)52-39-57-45(37-54(52)62)30-29-44-35-42(43-31-33-51-50-26-13-15-28-56(50)66(58(51)38-43)47-22-10-5-11-23-47)32-34-55(44)67(57)48-24-16-21-46(36-48)61-64-59(40-17-6-3-7-18-40)63-60(65-61)41-19-8-4-9-20-41/h3-39H,1-2H3. The maximum atomic E-state index is 5.13. The third kappa shape index (κ3) is 6.34. The van der Waals surface area contributed by atoms with Crippen LogP contribution in [0.4, 0.5) is 17.1 Å². The maximum Gasteiger partial charge on any atom is 0.164 e. The number of nitrogens with zero attached hydrogens (tertiary/aromatic N) is 5. The molecule has 67 heavy (non-hydrogen) atoms. The largest absolute Gasteiger partial charge is 0.309 e. The summed E-state index contributed by atoms with van der Waals surface area (Å²) in [5.41, 5.74) is 19.2. The van der Waals surface area contributed by atoms with Crippen LogP contribution in [0.3, 0.4) is 0 Å². The average Bonchev–Trinajstić information content (AvgIpc) is 3.76. The van der Waals surface area contributed by atoms with Gasteiger partial charge in [0.2, 0.25) is 0 Å². The zero-order valence-electron chi connectivity index (χ0n) is 37.1. The summed E-state index contributed by atoms with van der Waals surface area (Å²) in [7, 11) is 0. The second-order valence-corrected chi connectivity index (χ2v) is 18.1. The summed E-state index contributed by atoms with van der Waals surface area (Å²) in [6.07, 6.45) is 4.61. The zero-order valence-corrected chi connectivity index (χ0v) is 37.1. The van der Waals surface area contributed by atoms with Gasteiger partial charge in [-0.05, 0) is 105 Å². The Morgan fingerprint density at radius 2 is 0.925 bits per heavy atom. The highest BCUT2D eigenvalue weighted by atomic mass is 15.1. The molecule has 13 rings (SSSR count). The van der Waals surface area contributed by atoms with Crippen LogP contribution in [0, 0.1) is 0 Å². The van der Waals surface area contributed by atoms with Gasteiger partial charge in [0.15, 0.2) is 17.5 Å². The summed E-state index contributed by atoms with van der Waals surface area (Å²) in [5.74, 6) is 1.89. The number of para-hydroxylation sites is 2.